The van der Waals surface area contributed by atoms with Crippen molar-refractivity contribution in [1.29, 1.82) is 0 Å². The van der Waals surface area contributed by atoms with Crippen LogP contribution < -0.4 is 14.8 Å². The van der Waals surface area contributed by atoms with Crippen molar-refractivity contribution >= 4 is 62.4 Å². The van der Waals surface area contributed by atoms with Gasteiger partial charge in [-0.25, -0.2) is 0 Å². The van der Waals surface area contributed by atoms with Gasteiger partial charge in [-0.15, -0.1) is 0 Å². The average Bonchev–Trinajstić information content (AvgIpc) is 3.20. The summed E-state index contributed by atoms with van der Waals surface area (Å²) in [5.41, 5.74) is 3.31. The molecule has 2 heterocycles. The van der Waals surface area contributed by atoms with Crippen LogP contribution in [-0.2, 0) is 14.4 Å². The highest BCUT2D eigenvalue weighted by molar-refractivity contribution is 9.10. The molecule has 4 amide bonds. The molecule has 0 radical (unpaired) electrons. The molecule has 11 heteroatoms. The molecule has 4 rings (SSSR count). The smallest absolute Gasteiger partial charge is 0.294 e. The minimum absolute atomic E-state index is 0.212. The Morgan fingerprint density at radius 3 is 2.51 bits per heavy atom. The van der Waals surface area contributed by atoms with Crippen LogP contribution >= 0.6 is 27.7 Å². The van der Waals surface area contributed by atoms with Crippen LogP contribution in [0.5, 0.6) is 11.5 Å². The van der Waals surface area contributed by atoms with Gasteiger partial charge in [-0.2, -0.15) is 0 Å². The molecule has 9 nitrogen and oxygen atoms in total. The molecule has 2 saturated heterocycles. The number of hydrogen-bond acceptors (Lipinski definition) is 7. The summed E-state index contributed by atoms with van der Waals surface area (Å²) in [6.45, 7) is 4.73. The minimum Gasteiger partial charge on any atom is -0.493 e. The van der Waals surface area contributed by atoms with Crippen LogP contribution in [-0.4, -0.2) is 66.1 Å². The second-order valence-electron chi connectivity index (χ2n) is 9.30. The summed E-state index contributed by atoms with van der Waals surface area (Å²) < 4.78 is 12.1. The van der Waals surface area contributed by atoms with E-state index in [4.69, 9.17) is 9.47 Å². The Morgan fingerprint density at radius 1 is 1.05 bits per heavy atom. The van der Waals surface area contributed by atoms with Crippen molar-refractivity contribution in [1.82, 2.24) is 9.80 Å². The first kappa shape index (κ1) is 28.7. The van der Waals surface area contributed by atoms with E-state index < -0.39 is 11.1 Å². The maximum atomic E-state index is 12.9. The van der Waals surface area contributed by atoms with Crippen molar-refractivity contribution in [3.8, 4) is 11.5 Å². The zero-order valence-electron chi connectivity index (χ0n) is 22.0. The van der Waals surface area contributed by atoms with Gasteiger partial charge in [0, 0.05) is 23.2 Å². The molecule has 2 fully saturated rings. The lowest BCUT2D eigenvalue weighted by Gasteiger charge is -2.27. The third kappa shape index (κ3) is 6.83. The summed E-state index contributed by atoms with van der Waals surface area (Å²) in [5.74, 6) is -0.306. The van der Waals surface area contributed by atoms with Crippen molar-refractivity contribution in [2.24, 2.45) is 0 Å². The molecule has 39 heavy (non-hydrogen) atoms. The van der Waals surface area contributed by atoms with E-state index in [1.54, 1.807) is 29.2 Å². The lowest BCUT2D eigenvalue weighted by atomic mass is 10.1. The number of anilines is 1. The first-order valence-electron chi connectivity index (χ1n) is 12.6. The molecule has 0 unspecified atom stereocenters. The van der Waals surface area contributed by atoms with Crippen molar-refractivity contribution in [3.63, 3.8) is 0 Å². The highest BCUT2D eigenvalue weighted by Gasteiger charge is 2.37. The zero-order valence-corrected chi connectivity index (χ0v) is 24.4. The molecule has 2 aliphatic heterocycles. The number of nitrogens with zero attached hydrogens (tertiary/aromatic N) is 2. The largest absolute Gasteiger partial charge is 0.493 e. The number of hydrogen-bond donors (Lipinski definition) is 1. The molecule has 2 aromatic rings. The number of halogens is 1. The molecule has 1 N–H and O–H groups in total. The van der Waals surface area contributed by atoms with Crippen LogP contribution in [0.4, 0.5) is 10.5 Å². The van der Waals surface area contributed by atoms with Crippen molar-refractivity contribution in [3.05, 3.63) is 56.4 Å². The SMILES string of the molecule is COc1cc(/C=C2\SC(=O)N(CC(=O)N3CCCCC3)C2=O)ccc1OCC(=O)Nc1ccc(Br)c(C)c1C. The average molecular weight is 617 g/mol. The topological polar surface area (TPSA) is 105 Å². The summed E-state index contributed by atoms with van der Waals surface area (Å²) in [5, 5.41) is 2.39. The molecular weight excluding hydrogens is 586 g/mol. The van der Waals surface area contributed by atoms with E-state index >= 15 is 0 Å². The van der Waals surface area contributed by atoms with Gasteiger partial charge in [-0.3, -0.25) is 24.1 Å². The van der Waals surface area contributed by atoms with Crippen molar-refractivity contribution in [2.45, 2.75) is 33.1 Å². The highest BCUT2D eigenvalue weighted by atomic mass is 79.9. The van der Waals surface area contributed by atoms with Crippen LogP contribution in [0.3, 0.4) is 0 Å². The highest BCUT2D eigenvalue weighted by Crippen LogP contribution is 2.35. The van der Waals surface area contributed by atoms with Crippen molar-refractivity contribution in [2.75, 3.05) is 38.7 Å². The number of nitrogens with one attached hydrogen (secondary N) is 1. The molecule has 206 valence electrons. The quantitative estimate of drug-likeness (QED) is 0.410. The van der Waals surface area contributed by atoms with Gasteiger partial charge in [0.2, 0.25) is 5.91 Å². The fourth-order valence-electron chi connectivity index (χ4n) is 4.31. The fourth-order valence-corrected chi connectivity index (χ4v) is 5.58. The summed E-state index contributed by atoms with van der Waals surface area (Å²) in [6, 6.07) is 8.69. The molecule has 0 spiro atoms. The first-order valence-corrected chi connectivity index (χ1v) is 14.2. The van der Waals surface area contributed by atoms with Gasteiger partial charge in [0.05, 0.1) is 12.0 Å². The normalized spacial score (nSPS) is 16.6. The predicted molar refractivity (Wildman–Crippen MR) is 154 cm³/mol. The number of benzene rings is 2. The van der Waals surface area contributed by atoms with E-state index in [-0.39, 0.29) is 29.9 Å². The molecular formula is C28H30BrN3O6S. The van der Waals surface area contributed by atoms with E-state index in [2.05, 4.69) is 21.2 Å². The number of ether oxygens (including phenoxy) is 2. The standard InChI is InChI=1S/C28H30BrN3O6S/c1-17-18(2)21(9-8-20(17)29)30-25(33)16-38-22-10-7-19(13-23(22)37-3)14-24-27(35)32(28(36)39-24)15-26(34)31-11-5-4-6-12-31/h7-10,13-14H,4-6,11-12,15-16H2,1-3H3,(H,30,33)/b24-14-. The molecule has 2 aromatic carbocycles. The Bertz CT molecular complexity index is 1340. The van der Waals surface area contributed by atoms with E-state index in [1.165, 1.54) is 7.11 Å². The third-order valence-electron chi connectivity index (χ3n) is 6.72. The van der Waals surface area contributed by atoms with Gasteiger partial charge in [0.15, 0.2) is 18.1 Å². The number of amides is 4. The van der Waals surface area contributed by atoms with E-state index in [0.717, 1.165) is 51.5 Å². The third-order valence-corrected chi connectivity index (χ3v) is 8.48. The van der Waals surface area contributed by atoms with Gasteiger partial charge < -0.3 is 19.7 Å². The zero-order chi connectivity index (χ0) is 28.1. The molecule has 0 saturated carbocycles. The lowest BCUT2D eigenvalue weighted by Crippen LogP contribution is -2.44. The predicted octanol–water partition coefficient (Wildman–Crippen LogP) is 5.14. The van der Waals surface area contributed by atoms with E-state index in [1.807, 2.05) is 26.0 Å². The monoisotopic (exact) mass is 615 g/mol. The van der Waals surface area contributed by atoms with Crippen LogP contribution in [0, 0.1) is 13.8 Å². The van der Waals surface area contributed by atoms with Crippen LogP contribution in [0.15, 0.2) is 39.7 Å². The first-order chi connectivity index (χ1) is 18.7. The number of imide groups is 1. The number of carbonyl (C=O) groups is 4. The molecule has 0 atom stereocenters. The minimum atomic E-state index is -0.496. The number of methoxy groups -OCH3 is 1. The summed E-state index contributed by atoms with van der Waals surface area (Å²) in [4.78, 5) is 53.4. The lowest BCUT2D eigenvalue weighted by molar-refractivity contribution is -0.136. The van der Waals surface area contributed by atoms with E-state index in [0.29, 0.717) is 35.8 Å². The second kappa shape index (κ2) is 12.7. The Morgan fingerprint density at radius 2 is 1.79 bits per heavy atom. The van der Waals surface area contributed by atoms with Crippen LogP contribution in [0.25, 0.3) is 6.08 Å². The Hall–Kier alpha value is -3.31. The fraction of sp³-hybridized carbons (Fsp3) is 0.357. The maximum Gasteiger partial charge on any atom is 0.294 e. The van der Waals surface area contributed by atoms with Crippen LogP contribution in [0.2, 0.25) is 0 Å². The Balaban J connectivity index is 1.39. The number of piperidine rings is 1. The number of likely N-dealkylation sites (tertiary alicyclic amines) is 1. The number of carbonyl (C=O) groups excluding carboxylic acids is 4. The molecule has 0 bridgehead atoms. The summed E-state index contributed by atoms with van der Waals surface area (Å²) >= 11 is 4.28. The second-order valence-corrected chi connectivity index (χ2v) is 11.1. The van der Waals surface area contributed by atoms with E-state index in [9.17, 15) is 19.2 Å². The number of rotatable bonds is 8. The molecule has 0 aromatic heterocycles. The number of thioether (sulfide) groups is 1. The summed E-state index contributed by atoms with van der Waals surface area (Å²) in [6.07, 6.45) is 4.53. The summed E-state index contributed by atoms with van der Waals surface area (Å²) in [7, 11) is 1.47. The molecule has 0 aliphatic carbocycles. The van der Waals surface area contributed by atoms with Gasteiger partial charge in [-0.1, -0.05) is 22.0 Å². The Labute approximate surface area is 240 Å². The Kier molecular flexibility index (Phi) is 9.34. The van der Waals surface area contributed by atoms with Gasteiger partial charge in [0.1, 0.15) is 6.54 Å². The van der Waals surface area contributed by atoms with Gasteiger partial charge in [-0.05, 0) is 91.9 Å². The van der Waals surface area contributed by atoms with Gasteiger partial charge in [0.25, 0.3) is 17.1 Å². The molecule has 2 aliphatic rings. The van der Waals surface area contributed by atoms with Crippen molar-refractivity contribution < 1.29 is 28.7 Å². The van der Waals surface area contributed by atoms with Gasteiger partial charge >= 0.3 is 0 Å². The maximum absolute atomic E-state index is 12.9. The van der Waals surface area contributed by atoms with Crippen LogP contribution in [0.1, 0.15) is 36.0 Å².